The van der Waals surface area contributed by atoms with Crippen LogP contribution in [0.1, 0.15) is 10.9 Å². The van der Waals surface area contributed by atoms with Crippen LogP contribution in [0.2, 0.25) is 0 Å². The molecule has 0 spiro atoms. The van der Waals surface area contributed by atoms with E-state index in [1.165, 1.54) is 9.18 Å². The molecule has 1 aromatic heterocycles. The van der Waals surface area contributed by atoms with E-state index in [1.807, 2.05) is 6.07 Å². The number of sulfonamides is 1. The van der Waals surface area contributed by atoms with E-state index in [2.05, 4.69) is 21.7 Å². The average Bonchev–Trinajstić information content (AvgIpc) is 3.35. The van der Waals surface area contributed by atoms with Gasteiger partial charge in [0.1, 0.15) is 0 Å². The van der Waals surface area contributed by atoms with E-state index in [-0.39, 0.29) is 17.0 Å². The zero-order valence-electron chi connectivity index (χ0n) is 17.4. The van der Waals surface area contributed by atoms with Crippen LogP contribution in [-0.2, 0) is 14.8 Å². The first-order valence-electron chi connectivity index (χ1n) is 10.5. The van der Waals surface area contributed by atoms with E-state index < -0.39 is 10.0 Å². The van der Waals surface area contributed by atoms with Gasteiger partial charge >= 0.3 is 6.03 Å². The summed E-state index contributed by atoms with van der Waals surface area (Å²) < 4.78 is 32.5. The van der Waals surface area contributed by atoms with Crippen molar-refractivity contribution in [3.05, 3.63) is 52.7 Å². The summed E-state index contributed by atoms with van der Waals surface area (Å²) in [7, 11) is -3.52. The van der Waals surface area contributed by atoms with Crippen molar-refractivity contribution in [1.82, 2.24) is 19.4 Å². The largest absolute Gasteiger partial charge is 0.379 e. The first-order valence-corrected chi connectivity index (χ1v) is 12.8. The van der Waals surface area contributed by atoms with Gasteiger partial charge in [-0.05, 0) is 23.6 Å². The van der Waals surface area contributed by atoms with Crippen molar-refractivity contribution in [2.24, 2.45) is 0 Å². The van der Waals surface area contributed by atoms with E-state index in [4.69, 9.17) is 4.74 Å². The van der Waals surface area contributed by atoms with E-state index in [1.54, 1.807) is 46.6 Å². The minimum Gasteiger partial charge on any atom is -0.379 e. The molecule has 0 bridgehead atoms. The number of ether oxygens (including phenoxy) is 1. The number of hydrogen-bond donors (Lipinski definition) is 1. The molecule has 0 saturated carbocycles. The lowest BCUT2D eigenvalue weighted by Crippen LogP contribution is -2.54. The van der Waals surface area contributed by atoms with Crippen molar-refractivity contribution in [2.45, 2.75) is 10.9 Å². The third-order valence-corrected chi connectivity index (χ3v) is 8.60. The SMILES string of the molecule is O=C(NC[C@@H](c1cccs1)N1CCOCC1)N1CCN(S(=O)(=O)c2ccccc2)CC1. The maximum atomic E-state index is 12.8. The van der Waals surface area contributed by atoms with Crippen LogP contribution >= 0.6 is 11.3 Å². The van der Waals surface area contributed by atoms with Crippen LogP contribution in [0, 0.1) is 0 Å². The number of rotatable bonds is 6. The fraction of sp³-hybridized carbons (Fsp3) is 0.476. The lowest BCUT2D eigenvalue weighted by atomic mass is 10.2. The van der Waals surface area contributed by atoms with Crippen LogP contribution in [-0.4, -0.2) is 87.6 Å². The summed E-state index contributed by atoms with van der Waals surface area (Å²) >= 11 is 1.69. The van der Waals surface area contributed by atoms with E-state index >= 15 is 0 Å². The molecule has 3 heterocycles. The summed E-state index contributed by atoms with van der Waals surface area (Å²) in [5.41, 5.74) is 0. The third kappa shape index (κ3) is 5.27. The second-order valence-corrected chi connectivity index (χ2v) is 10.5. The van der Waals surface area contributed by atoms with Crippen molar-refractivity contribution < 1.29 is 17.9 Å². The average molecular weight is 465 g/mol. The number of urea groups is 1. The molecular weight excluding hydrogens is 436 g/mol. The molecule has 2 aromatic rings. The zero-order chi connectivity index (χ0) is 21.7. The highest BCUT2D eigenvalue weighted by atomic mass is 32.2. The van der Waals surface area contributed by atoms with Gasteiger partial charge in [-0.2, -0.15) is 4.31 Å². The normalized spacial score (nSPS) is 19.8. The zero-order valence-corrected chi connectivity index (χ0v) is 19.0. The maximum Gasteiger partial charge on any atom is 0.317 e. The number of amides is 2. The first-order chi connectivity index (χ1) is 15.1. The number of carbonyl (C=O) groups excluding carboxylic acids is 1. The van der Waals surface area contributed by atoms with E-state index in [0.29, 0.717) is 45.9 Å². The van der Waals surface area contributed by atoms with Crippen molar-refractivity contribution >= 4 is 27.4 Å². The molecule has 2 aliphatic rings. The molecule has 10 heteroatoms. The topological polar surface area (TPSA) is 82.2 Å². The molecule has 2 amide bonds. The number of morpholine rings is 1. The van der Waals surface area contributed by atoms with Crippen molar-refractivity contribution in [3.8, 4) is 0 Å². The second kappa shape index (κ2) is 10.1. The second-order valence-electron chi connectivity index (χ2n) is 7.57. The molecule has 168 valence electrons. The monoisotopic (exact) mass is 464 g/mol. The van der Waals surface area contributed by atoms with Gasteiger partial charge in [-0.15, -0.1) is 11.3 Å². The quantitative estimate of drug-likeness (QED) is 0.706. The Morgan fingerprint density at radius 1 is 1.00 bits per heavy atom. The van der Waals surface area contributed by atoms with Crippen LogP contribution in [0.15, 0.2) is 52.7 Å². The highest BCUT2D eigenvalue weighted by Crippen LogP contribution is 2.25. The van der Waals surface area contributed by atoms with Gasteiger partial charge in [-0.1, -0.05) is 24.3 Å². The number of hydrogen-bond acceptors (Lipinski definition) is 6. The number of thiophene rings is 1. The number of piperazine rings is 1. The molecule has 2 saturated heterocycles. The number of benzene rings is 1. The third-order valence-electron chi connectivity index (χ3n) is 5.71. The van der Waals surface area contributed by atoms with Crippen molar-refractivity contribution in [3.63, 3.8) is 0 Å². The molecular formula is C21H28N4O4S2. The summed E-state index contributed by atoms with van der Waals surface area (Å²) in [6.07, 6.45) is 0. The summed E-state index contributed by atoms with van der Waals surface area (Å²) in [5.74, 6) is 0. The first kappa shape index (κ1) is 22.2. The summed E-state index contributed by atoms with van der Waals surface area (Å²) in [6.45, 7) is 4.94. The van der Waals surface area contributed by atoms with Crippen LogP contribution in [0.25, 0.3) is 0 Å². The number of nitrogens with zero attached hydrogens (tertiary/aromatic N) is 3. The maximum absolute atomic E-state index is 12.8. The molecule has 4 rings (SSSR count). The predicted molar refractivity (Wildman–Crippen MR) is 120 cm³/mol. The smallest absolute Gasteiger partial charge is 0.317 e. The van der Waals surface area contributed by atoms with Gasteiger partial charge in [-0.25, -0.2) is 13.2 Å². The van der Waals surface area contributed by atoms with Crippen LogP contribution in [0.5, 0.6) is 0 Å². The lowest BCUT2D eigenvalue weighted by Gasteiger charge is -2.36. The van der Waals surface area contributed by atoms with Crippen molar-refractivity contribution in [2.75, 3.05) is 59.0 Å². The Morgan fingerprint density at radius 2 is 1.71 bits per heavy atom. The Morgan fingerprint density at radius 3 is 2.35 bits per heavy atom. The molecule has 2 fully saturated rings. The molecule has 31 heavy (non-hydrogen) atoms. The molecule has 2 aliphatic heterocycles. The highest BCUT2D eigenvalue weighted by Gasteiger charge is 2.31. The highest BCUT2D eigenvalue weighted by molar-refractivity contribution is 7.89. The Balaban J connectivity index is 1.32. The Hall–Kier alpha value is -1.98. The van der Waals surface area contributed by atoms with Crippen LogP contribution in [0.4, 0.5) is 4.79 Å². The van der Waals surface area contributed by atoms with Gasteiger partial charge in [0.05, 0.1) is 24.2 Å². The fourth-order valence-corrected chi connectivity index (χ4v) is 6.25. The van der Waals surface area contributed by atoms with Gasteiger partial charge in [0.15, 0.2) is 0 Å². The van der Waals surface area contributed by atoms with Crippen molar-refractivity contribution in [1.29, 1.82) is 0 Å². The number of carbonyl (C=O) groups is 1. The van der Waals surface area contributed by atoms with Crippen LogP contribution < -0.4 is 5.32 Å². The fourth-order valence-electron chi connectivity index (χ4n) is 3.95. The Kier molecular flexibility index (Phi) is 7.24. The van der Waals surface area contributed by atoms with Gasteiger partial charge < -0.3 is 15.0 Å². The van der Waals surface area contributed by atoms with E-state index in [9.17, 15) is 13.2 Å². The minimum absolute atomic E-state index is 0.118. The summed E-state index contributed by atoms with van der Waals surface area (Å²) in [6, 6.07) is 12.5. The Bertz CT molecular complexity index is 939. The van der Waals surface area contributed by atoms with Gasteiger partial charge in [0, 0.05) is 50.7 Å². The molecule has 0 radical (unpaired) electrons. The molecule has 0 aliphatic carbocycles. The van der Waals surface area contributed by atoms with E-state index in [0.717, 1.165) is 13.1 Å². The van der Waals surface area contributed by atoms with Crippen LogP contribution in [0.3, 0.4) is 0 Å². The lowest BCUT2D eigenvalue weighted by molar-refractivity contribution is 0.0171. The predicted octanol–water partition coefficient (Wildman–Crippen LogP) is 1.84. The summed E-state index contributed by atoms with van der Waals surface area (Å²) in [5, 5.41) is 5.12. The Labute approximate surface area is 187 Å². The van der Waals surface area contributed by atoms with Gasteiger partial charge in [0.25, 0.3) is 0 Å². The number of nitrogens with one attached hydrogen (secondary N) is 1. The molecule has 8 nitrogen and oxygen atoms in total. The molecule has 1 atom stereocenters. The molecule has 1 aromatic carbocycles. The minimum atomic E-state index is -3.52. The van der Waals surface area contributed by atoms with Gasteiger partial charge in [0.2, 0.25) is 10.0 Å². The van der Waals surface area contributed by atoms with Gasteiger partial charge in [-0.3, -0.25) is 4.90 Å². The molecule has 1 N–H and O–H groups in total. The standard InChI is InChI=1S/C21H28N4O4S2/c26-21(22-17-19(20-7-4-16-30-20)23-12-14-29-15-13-23)24-8-10-25(11-9-24)31(27,28)18-5-2-1-3-6-18/h1-7,16,19H,8-15,17H2,(H,22,26)/t19-/m0/s1. The summed E-state index contributed by atoms with van der Waals surface area (Å²) in [4.78, 5) is 18.3. The molecule has 0 unspecified atom stereocenters.